The summed E-state index contributed by atoms with van der Waals surface area (Å²) in [6.45, 7) is 0.383. The third kappa shape index (κ3) is 3.69. The van der Waals surface area contributed by atoms with Crippen LogP contribution in [0.15, 0.2) is 12.4 Å². The number of halogens is 3. The minimum Gasteiger partial charge on any atom is -0.362 e. The predicted octanol–water partition coefficient (Wildman–Crippen LogP) is 1.99. The Hall–Kier alpha value is -1.64. The molecule has 2 aromatic rings. The molecule has 0 spiro atoms. The van der Waals surface area contributed by atoms with Crippen molar-refractivity contribution in [3.8, 4) is 0 Å². The maximum atomic E-state index is 12.1. The van der Waals surface area contributed by atoms with Crippen molar-refractivity contribution in [1.29, 1.82) is 0 Å². The van der Waals surface area contributed by atoms with Crippen LogP contribution in [-0.2, 0) is 20.0 Å². The summed E-state index contributed by atoms with van der Waals surface area (Å²) >= 11 is 1.04. The molecular weight excluding hydrogens is 267 g/mol. The topological polar surface area (TPSA) is 55.6 Å². The summed E-state index contributed by atoms with van der Waals surface area (Å²) in [6.07, 6.45) is -2.08. The van der Waals surface area contributed by atoms with Crippen molar-refractivity contribution in [1.82, 2.24) is 20.0 Å². The fraction of sp³-hybridized carbons (Fsp3) is 0.444. The highest BCUT2D eigenvalue weighted by atomic mass is 32.1. The number of nitrogens with one attached hydrogen (secondary N) is 1. The van der Waals surface area contributed by atoms with E-state index in [-0.39, 0.29) is 5.01 Å². The van der Waals surface area contributed by atoms with Crippen LogP contribution in [0.3, 0.4) is 0 Å². The molecule has 0 aliphatic carbocycles. The van der Waals surface area contributed by atoms with Crippen molar-refractivity contribution in [2.75, 3.05) is 5.32 Å². The van der Waals surface area contributed by atoms with Crippen LogP contribution in [0, 0.1) is 0 Å². The maximum absolute atomic E-state index is 12.1. The summed E-state index contributed by atoms with van der Waals surface area (Å²) in [7, 11) is 1.73. The largest absolute Gasteiger partial charge is 0.395 e. The van der Waals surface area contributed by atoms with E-state index in [9.17, 15) is 13.2 Å². The molecule has 0 aliphatic heterocycles. The molecule has 2 rings (SSSR count). The van der Waals surface area contributed by atoms with Gasteiger partial charge in [-0.05, 0) is 0 Å². The molecule has 2 heterocycles. The first-order valence-electron chi connectivity index (χ1n) is 5.03. The van der Waals surface area contributed by atoms with E-state index >= 15 is 0 Å². The van der Waals surface area contributed by atoms with Crippen LogP contribution in [-0.4, -0.2) is 26.2 Å². The highest BCUT2D eigenvalue weighted by Gasteiger charge is 2.29. The number of aromatic nitrogens is 4. The molecule has 5 nitrogen and oxygen atoms in total. The van der Waals surface area contributed by atoms with Gasteiger partial charge in [-0.25, -0.2) is 4.98 Å². The second-order valence-electron chi connectivity index (χ2n) is 3.64. The van der Waals surface area contributed by atoms with Crippen LogP contribution in [0.1, 0.15) is 9.88 Å². The first kappa shape index (κ1) is 12.8. The Kier molecular flexibility index (Phi) is 3.50. The van der Waals surface area contributed by atoms with Crippen LogP contribution in [0.25, 0.3) is 0 Å². The molecule has 98 valence electrons. The lowest BCUT2D eigenvalue weighted by Gasteiger charge is -2.01. The molecule has 0 unspecified atom stereocenters. The second kappa shape index (κ2) is 4.92. The Labute approximate surface area is 105 Å². The number of aryl methyl sites for hydroxylation is 1. The summed E-state index contributed by atoms with van der Waals surface area (Å²) in [5.41, 5.74) is 0. The molecule has 0 saturated carbocycles. The van der Waals surface area contributed by atoms with Crippen molar-refractivity contribution < 1.29 is 13.2 Å². The minimum atomic E-state index is -4.21. The number of hydrogen-bond donors (Lipinski definition) is 1. The Morgan fingerprint density at radius 3 is 2.83 bits per heavy atom. The third-order valence-electron chi connectivity index (χ3n) is 2.00. The van der Waals surface area contributed by atoms with Crippen LogP contribution >= 0.6 is 11.3 Å². The van der Waals surface area contributed by atoms with E-state index in [4.69, 9.17) is 0 Å². The van der Waals surface area contributed by atoms with Gasteiger partial charge in [0.1, 0.15) is 5.01 Å². The number of anilines is 1. The summed E-state index contributed by atoms with van der Waals surface area (Å²) in [5, 5.41) is 10.5. The quantitative estimate of drug-likeness (QED) is 0.928. The van der Waals surface area contributed by atoms with E-state index in [1.165, 1.54) is 10.9 Å². The average Bonchev–Trinajstić information content (AvgIpc) is 2.82. The molecule has 0 amide bonds. The molecule has 1 N–H and O–H groups in total. The van der Waals surface area contributed by atoms with Gasteiger partial charge in [0.05, 0.1) is 19.2 Å². The van der Waals surface area contributed by atoms with Gasteiger partial charge in [0.15, 0.2) is 5.82 Å². The van der Waals surface area contributed by atoms with Gasteiger partial charge in [0.2, 0.25) is 0 Å². The Morgan fingerprint density at radius 1 is 1.44 bits per heavy atom. The summed E-state index contributed by atoms with van der Waals surface area (Å²) in [4.78, 5) is 4.46. The van der Waals surface area contributed by atoms with Crippen LogP contribution in [0.5, 0.6) is 0 Å². The van der Waals surface area contributed by atoms with Gasteiger partial charge in [-0.3, -0.25) is 4.68 Å². The first-order chi connectivity index (χ1) is 8.42. The molecule has 0 bridgehead atoms. The van der Waals surface area contributed by atoms with Crippen LogP contribution < -0.4 is 5.32 Å². The van der Waals surface area contributed by atoms with Gasteiger partial charge in [-0.15, -0.1) is 16.4 Å². The molecule has 9 heteroatoms. The Morgan fingerprint density at radius 2 is 2.22 bits per heavy atom. The summed E-state index contributed by atoms with van der Waals surface area (Å²) in [6, 6.07) is 0. The monoisotopic (exact) mass is 277 g/mol. The van der Waals surface area contributed by atoms with Gasteiger partial charge in [-0.1, -0.05) is 5.21 Å². The number of nitrogens with zero attached hydrogens (tertiary/aromatic N) is 4. The normalized spacial score (nSPS) is 11.8. The minimum absolute atomic E-state index is 0.0680. The van der Waals surface area contributed by atoms with Gasteiger partial charge in [0.25, 0.3) is 0 Å². The predicted molar refractivity (Wildman–Crippen MR) is 60.2 cm³/mol. The molecule has 0 radical (unpaired) electrons. The van der Waals surface area contributed by atoms with Crippen molar-refractivity contribution in [2.45, 2.75) is 19.1 Å². The van der Waals surface area contributed by atoms with E-state index in [0.29, 0.717) is 12.4 Å². The second-order valence-corrected chi connectivity index (χ2v) is 4.84. The maximum Gasteiger partial charge on any atom is 0.395 e. The van der Waals surface area contributed by atoms with E-state index in [0.717, 1.165) is 16.2 Å². The zero-order chi connectivity index (χ0) is 13.2. The van der Waals surface area contributed by atoms with Crippen LogP contribution in [0.4, 0.5) is 19.0 Å². The van der Waals surface area contributed by atoms with Crippen LogP contribution in [0.2, 0.25) is 0 Å². The first-order valence-corrected chi connectivity index (χ1v) is 5.84. The number of alkyl halides is 3. The third-order valence-corrected chi connectivity index (χ3v) is 3.00. The van der Waals surface area contributed by atoms with Gasteiger partial charge in [-0.2, -0.15) is 13.2 Å². The highest BCUT2D eigenvalue weighted by molar-refractivity contribution is 7.11. The molecule has 0 saturated heterocycles. The molecular formula is C9H10F3N5S. The number of thiazole rings is 1. The standard InChI is InChI=1S/C9H10F3N5S/c1-17-5-7(15-16-17)13-3-6-4-14-8(18-6)2-9(10,11)12/h4-5,13H,2-3H2,1H3. The fourth-order valence-electron chi connectivity index (χ4n) is 1.29. The molecule has 2 aromatic heterocycles. The zero-order valence-corrected chi connectivity index (χ0v) is 10.2. The van der Waals surface area contributed by atoms with Gasteiger partial charge < -0.3 is 5.32 Å². The smallest absolute Gasteiger partial charge is 0.362 e. The van der Waals surface area contributed by atoms with Crippen molar-refractivity contribution in [3.63, 3.8) is 0 Å². The van der Waals surface area contributed by atoms with Gasteiger partial charge >= 0.3 is 6.18 Å². The van der Waals surface area contributed by atoms with E-state index in [1.54, 1.807) is 13.2 Å². The lowest BCUT2D eigenvalue weighted by Crippen LogP contribution is -2.10. The highest BCUT2D eigenvalue weighted by Crippen LogP contribution is 2.24. The van der Waals surface area contributed by atoms with Gasteiger partial charge in [0, 0.05) is 18.1 Å². The summed E-state index contributed by atoms with van der Waals surface area (Å²) in [5.74, 6) is 0.572. The lowest BCUT2D eigenvalue weighted by atomic mass is 10.4. The number of rotatable bonds is 4. The molecule has 0 aliphatic rings. The molecule has 0 atom stereocenters. The Bertz CT molecular complexity index is 518. The van der Waals surface area contributed by atoms with Crippen molar-refractivity contribution in [3.05, 3.63) is 22.3 Å². The molecule has 0 aromatic carbocycles. The molecule has 18 heavy (non-hydrogen) atoms. The van der Waals surface area contributed by atoms with E-state index < -0.39 is 12.6 Å². The Balaban J connectivity index is 1.91. The number of hydrogen-bond acceptors (Lipinski definition) is 5. The fourth-order valence-corrected chi connectivity index (χ4v) is 2.18. The van der Waals surface area contributed by atoms with E-state index in [1.807, 2.05) is 0 Å². The zero-order valence-electron chi connectivity index (χ0n) is 9.40. The van der Waals surface area contributed by atoms with Crippen molar-refractivity contribution in [2.24, 2.45) is 7.05 Å². The SMILES string of the molecule is Cn1cc(NCc2cnc(CC(F)(F)F)s2)nn1. The average molecular weight is 277 g/mol. The van der Waals surface area contributed by atoms with Crippen molar-refractivity contribution >= 4 is 17.2 Å². The summed E-state index contributed by atoms with van der Waals surface area (Å²) < 4.78 is 37.9. The van der Waals surface area contributed by atoms with E-state index in [2.05, 4.69) is 20.6 Å². The lowest BCUT2D eigenvalue weighted by molar-refractivity contribution is -0.127. The molecule has 0 fully saturated rings.